The van der Waals surface area contributed by atoms with Crippen LogP contribution in [0.2, 0.25) is 0 Å². The number of benzene rings is 2. The van der Waals surface area contributed by atoms with Crippen molar-refractivity contribution in [1.29, 1.82) is 0 Å². The third-order valence-corrected chi connectivity index (χ3v) is 8.08. The van der Waals surface area contributed by atoms with Crippen molar-refractivity contribution in [3.63, 3.8) is 0 Å². The highest BCUT2D eigenvalue weighted by atomic mass is 32.2. The minimum absolute atomic E-state index is 0.0328. The van der Waals surface area contributed by atoms with Crippen LogP contribution in [0.4, 0.5) is 9.52 Å². The summed E-state index contributed by atoms with van der Waals surface area (Å²) < 4.78 is 41.7. The fraction of sp³-hybridized carbons (Fsp3) is 0.300. The second-order valence-electron chi connectivity index (χ2n) is 7.17. The number of rotatable bonds is 5. The van der Waals surface area contributed by atoms with Gasteiger partial charge in [0.05, 0.1) is 9.60 Å². The first-order chi connectivity index (χ1) is 14.4. The number of fused-ring (bicyclic) bond motifs is 1. The van der Waals surface area contributed by atoms with Gasteiger partial charge in [-0.25, -0.2) is 17.8 Å². The monoisotopic (exact) mass is 448 g/mol. The lowest BCUT2D eigenvalue weighted by Crippen LogP contribution is -2.41. The number of hydrazine groups is 1. The van der Waals surface area contributed by atoms with Crippen molar-refractivity contribution in [2.45, 2.75) is 37.1 Å². The summed E-state index contributed by atoms with van der Waals surface area (Å²) in [6.07, 6.45) is 2.73. The summed E-state index contributed by atoms with van der Waals surface area (Å²) in [5, 5.41) is 0.349. The SMILES string of the molecule is C[C@@H]1CCCCN1S(=O)(=O)c1ccc(C(=O)NNc2nc3c(F)cccc3s2)cc1. The zero-order valence-electron chi connectivity index (χ0n) is 16.3. The van der Waals surface area contributed by atoms with Gasteiger partial charge in [-0.1, -0.05) is 23.8 Å². The first-order valence-electron chi connectivity index (χ1n) is 9.59. The predicted molar refractivity (Wildman–Crippen MR) is 114 cm³/mol. The maximum atomic E-state index is 13.7. The Bertz CT molecular complexity index is 1180. The average molecular weight is 449 g/mol. The summed E-state index contributed by atoms with van der Waals surface area (Å²) in [4.78, 5) is 16.7. The normalized spacial score (nSPS) is 17.7. The summed E-state index contributed by atoms with van der Waals surface area (Å²) in [5.41, 5.74) is 5.71. The Morgan fingerprint density at radius 3 is 2.67 bits per heavy atom. The molecular formula is C20H21FN4O3S2. The van der Waals surface area contributed by atoms with Gasteiger partial charge in [-0.2, -0.15) is 4.31 Å². The number of hydrogen-bond acceptors (Lipinski definition) is 6. The molecule has 2 N–H and O–H groups in total. The molecule has 0 unspecified atom stereocenters. The van der Waals surface area contributed by atoms with Gasteiger partial charge >= 0.3 is 0 Å². The number of halogens is 1. The zero-order valence-corrected chi connectivity index (χ0v) is 17.9. The van der Waals surface area contributed by atoms with E-state index in [1.165, 1.54) is 46.0 Å². The number of carbonyl (C=O) groups excluding carboxylic acids is 1. The van der Waals surface area contributed by atoms with Crippen LogP contribution in [-0.2, 0) is 10.0 Å². The largest absolute Gasteiger partial charge is 0.273 e. The molecule has 7 nitrogen and oxygen atoms in total. The highest BCUT2D eigenvalue weighted by Gasteiger charge is 2.30. The van der Waals surface area contributed by atoms with Gasteiger partial charge < -0.3 is 0 Å². The minimum atomic E-state index is -3.59. The number of aromatic nitrogens is 1. The topological polar surface area (TPSA) is 91.4 Å². The van der Waals surface area contributed by atoms with E-state index in [1.807, 2.05) is 6.92 Å². The second-order valence-corrected chi connectivity index (χ2v) is 10.1. The van der Waals surface area contributed by atoms with E-state index in [1.54, 1.807) is 12.1 Å². The summed E-state index contributed by atoms with van der Waals surface area (Å²) in [5.74, 6) is -0.882. The summed E-state index contributed by atoms with van der Waals surface area (Å²) in [6.45, 7) is 2.43. The maximum Gasteiger partial charge on any atom is 0.269 e. The van der Waals surface area contributed by atoms with E-state index >= 15 is 0 Å². The predicted octanol–water partition coefficient (Wildman–Crippen LogP) is 3.76. The Hall–Kier alpha value is -2.56. The van der Waals surface area contributed by atoms with Gasteiger partial charge in [0.2, 0.25) is 15.2 Å². The van der Waals surface area contributed by atoms with Gasteiger partial charge in [-0.3, -0.25) is 15.6 Å². The molecule has 1 fully saturated rings. The van der Waals surface area contributed by atoms with Gasteiger partial charge in [0.1, 0.15) is 11.3 Å². The van der Waals surface area contributed by atoms with E-state index < -0.39 is 21.7 Å². The van der Waals surface area contributed by atoms with Crippen LogP contribution in [0.25, 0.3) is 10.2 Å². The molecule has 0 saturated carbocycles. The zero-order chi connectivity index (χ0) is 21.3. The second kappa shape index (κ2) is 8.29. The summed E-state index contributed by atoms with van der Waals surface area (Å²) in [7, 11) is -3.59. The minimum Gasteiger partial charge on any atom is -0.273 e. The highest BCUT2D eigenvalue weighted by molar-refractivity contribution is 7.89. The first-order valence-corrected chi connectivity index (χ1v) is 11.9. The van der Waals surface area contributed by atoms with Crippen LogP contribution < -0.4 is 10.9 Å². The Morgan fingerprint density at radius 2 is 1.97 bits per heavy atom. The fourth-order valence-corrected chi connectivity index (χ4v) is 6.03. The van der Waals surface area contributed by atoms with Crippen LogP contribution in [0.3, 0.4) is 0 Å². The third-order valence-electron chi connectivity index (χ3n) is 5.12. The fourth-order valence-electron chi connectivity index (χ4n) is 3.49. The molecule has 10 heteroatoms. The van der Waals surface area contributed by atoms with Crippen molar-refractivity contribution in [2.24, 2.45) is 0 Å². The summed E-state index contributed by atoms with van der Waals surface area (Å²) >= 11 is 1.21. The number of carbonyl (C=O) groups is 1. The van der Waals surface area contributed by atoms with Crippen LogP contribution >= 0.6 is 11.3 Å². The van der Waals surface area contributed by atoms with Crippen molar-refractivity contribution < 1.29 is 17.6 Å². The smallest absolute Gasteiger partial charge is 0.269 e. The number of para-hydroxylation sites is 1. The van der Waals surface area contributed by atoms with Gasteiger partial charge in [-0.05, 0) is 56.2 Å². The molecule has 1 aliphatic rings. The number of amides is 1. The van der Waals surface area contributed by atoms with Gasteiger partial charge in [0.15, 0.2) is 0 Å². The standard InChI is InChI=1S/C20H21FN4O3S2/c1-13-5-2-3-12-25(13)30(27,28)15-10-8-14(9-11-15)19(26)23-24-20-22-18-16(21)6-4-7-17(18)29-20/h4,6-11,13H,2-3,5,12H2,1H3,(H,22,24)(H,23,26)/t13-/m1/s1. The number of piperidine rings is 1. The molecule has 158 valence electrons. The van der Waals surface area contributed by atoms with Crippen molar-refractivity contribution in [3.05, 3.63) is 53.8 Å². The highest BCUT2D eigenvalue weighted by Crippen LogP contribution is 2.27. The molecule has 30 heavy (non-hydrogen) atoms. The van der Waals surface area contributed by atoms with E-state index in [-0.39, 0.29) is 16.5 Å². The molecule has 4 rings (SSSR count). The van der Waals surface area contributed by atoms with Crippen LogP contribution in [0.15, 0.2) is 47.4 Å². The van der Waals surface area contributed by atoms with Crippen molar-refractivity contribution in [3.8, 4) is 0 Å². The molecule has 3 aromatic rings. The molecule has 0 bridgehead atoms. The van der Waals surface area contributed by atoms with Crippen molar-refractivity contribution in [1.82, 2.24) is 14.7 Å². The van der Waals surface area contributed by atoms with Crippen molar-refractivity contribution >= 4 is 42.6 Å². The molecule has 1 amide bonds. The quantitative estimate of drug-likeness (QED) is 0.580. The maximum absolute atomic E-state index is 13.7. The van der Waals surface area contributed by atoms with Gasteiger partial charge in [0.25, 0.3) is 5.91 Å². The molecule has 0 spiro atoms. The first kappa shape index (κ1) is 20.7. The molecule has 0 radical (unpaired) electrons. The molecule has 1 saturated heterocycles. The van der Waals surface area contributed by atoms with Gasteiger partial charge in [-0.15, -0.1) is 0 Å². The Balaban J connectivity index is 1.44. The lowest BCUT2D eigenvalue weighted by molar-refractivity contribution is 0.0962. The number of sulfonamides is 1. The molecule has 0 aliphatic carbocycles. The Morgan fingerprint density at radius 1 is 1.20 bits per heavy atom. The van der Waals surface area contributed by atoms with E-state index in [9.17, 15) is 17.6 Å². The van der Waals surface area contributed by atoms with E-state index in [0.717, 1.165) is 19.3 Å². The van der Waals surface area contributed by atoms with Gasteiger partial charge in [0, 0.05) is 18.2 Å². The average Bonchev–Trinajstić information content (AvgIpc) is 3.17. The van der Waals surface area contributed by atoms with Crippen LogP contribution in [0.1, 0.15) is 36.5 Å². The van der Waals surface area contributed by atoms with E-state index in [4.69, 9.17) is 0 Å². The molecule has 1 aliphatic heterocycles. The van der Waals surface area contributed by atoms with Crippen LogP contribution in [-0.4, -0.2) is 36.2 Å². The van der Waals surface area contributed by atoms with Crippen molar-refractivity contribution in [2.75, 3.05) is 12.0 Å². The molecular weight excluding hydrogens is 427 g/mol. The summed E-state index contributed by atoms with van der Waals surface area (Å²) in [6, 6.07) is 10.5. The number of anilines is 1. The number of thiazole rings is 1. The molecule has 2 aromatic carbocycles. The number of nitrogens with one attached hydrogen (secondary N) is 2. The molecule has 1 atom stereocenters. The third kappa shape index (κ3) is 4.03. The Labute approximate surface area is 177 Å². The Kier molecular flexibility index (Phi) is 5.72. The van der Waals surface area contributed by atoms with E-state index in [0.29, 0.717) is 21.9 Å². The molecule has 2 heterocycles. The number of nitrogens with zero attached hydrogens (tertiary/aromatic N) is 2. The van der Waals surface area contributed by atoms with Crippen LogP contribution in [0, 0.1) is 5.82 Å². The lowest BCUT2D eigenvalue weighted by atomic mass is 10.1. The number of hydrogen-bond donors (Lipinski definition) is 2. The lowest BCUT2D eigenvalue weighted by Gasteiger charge is -2.32. The van der Waals surface area contributed by atoms with Crippen LogP contribution in [0.5, 0.6) is 0 Å². The van der Waals surface area contributed by atoms with E-state index in [2.05, 4.69) is 15.8 Å². The molecule has 1 aromatic heterocycles.